The molecule has 0 spiro atoms. The third-order valence-corrected chi connectivity index (χ3v) is 4.17. The average molecular weight is 331 g/mol. The molecule has 3 rings (SSSR count). The van der Waals surface area contributed by atoms with Gasteiger partial charge in [-0.2, -0.15) is 0 Å². The third-order valence-electron chi connectivity index (χ3n) is 3.86. The average Bonchev–Trinajstić information content (AvgIpc) is 2.52. The van der Waals surface area contributed by atoms with Gasteiger partial charge in [-0.3, -0.25) is 9.59 Å². The summed E-state index contributed by atoms with van der Waals surface area (Å²) in [4.78, 5) is 24.6. The summed E-state index contributed by atoms with van der Waals surface area (Å²) in [5.74, 6) is -1.09. The minimum Gasteiger partial charge on any atom is -0.506 e. The van der Waals surface area contributed by atoms with Crippen LogP contribution in [-0.2, 0) is 9.59 Å². The monoisotopic (exact) mass is 330 g/mol. The molecule has 2 aliphatic rings. The third kappa shape index (κ3) is 2.87. The molecule has 0 aromatic heterocycles. The molecule has 0 bridgehead atoms. The molecule has 118 valence electrons. The van der Waals surface area contributed by atoms with Crippen LogP contribution in [0.5, 0.6) is 0 Å². The van der Waals surface area contributed by atoms with Gasteiger partial charge >= 0.3 is 0 Å². The molecule has 0 fully saturated rings. The topological polar surface area (TPSA) is 78.4 Å². The molecule has 1 atom stereocenters. The van der Waals surface area contributed by atoms with E-state index in [1.807, 2.05) is 24.3 Å². The van der Waals surface area contributed by atoms with E-state index in [0.29, 0.717) is 12.1 Å². The van der Waals surface area contributed by atoms with Gasteiger partial charge in [-0.1, -0.05) is 29.8 Å². The number of anilines is 1. The van der Waals surface area contributed by atoms with Crippen molar-refractivity contribution < 1.29 is 14.7 Å². The Morgan fingerprint density at radius 2 is 2.09 bits per heavy atom. The number of hydrogen-bond donors (Lipinski definition) is 3. The van der Waals surface area contributed by atoms with Crippen LogP contribution < -0.4 is 10.6 Å². The minimum atomic E-state index is -1.28. The Hall–Kier alpha value is -2.53. The summed E-state index contributed by atoms with van der Waals surface area (Å²) in [7, 11) is 0. The second-order valence-electron chi connectivity index (χ2n) is 5.65. The van der Waals surface area contributed by atoms with Gasteiger partial charge in [0.1, 0.15) is 11.3 Å². The molecule has 0 saturated heterocycles. The lowest BCUT2D eigenvalue weighted by atomic mass is 9.90. The van der Waals surface area contributed by atoms with Crippen molar-refractivity contribution in [2.75, 3.05) is 11.9 Å². The standard InChI is InChI=1S/C17H15ClN2O3/c1-17(8-12(18)14(21)7-15(17)22)20-16(23)11-6-10-4-2-3-5-13(10)19-9-11/h2-8,19,21H,9H2,1H3,(H,20,23). The van der Waals surface area contributed by atoms with E-state index in [1.54, 1.807) is 13.0 Å². The number of ketones is 1. The first-order valence-corrected chi connectivity index (χ1v) is 7.47. The number of aliphatic hydroxyl groups is 1. The lowest BCUT2D eigenvalue weighted by Crippen LogP contribution is -2.52. The second kappa shape index (κ2) is 5.59. The Morgan fingerprint density at radius 3 is 2.87 bits per heavy atom. The van der Waals surface area contributed by atoms with Crippen LogP contribution >= 0.6 is 11.6 Å². The maximum absolute atomic E-state index is 12.5. The van der Waals surface area contributed by atoms with Gasteiger partial charge in [0.25, 0.3) is 0 Å². The molecule has 5 nitrogen and oxygen atoms in total. The van der Waals surface area contributed by atoms with Gasteiger partial charge in [0.2, 0.25) is 5.91 Å². The Kier molecular flexibility index (Phi) is 3.74. The normalized spacial score (nSPS) is 23.0. The maximum Gasteiger partial charge on any atom is 0.250 e. The highest BCUT2D eigenvalue weighted by molar-refractivity contribution is 6.33. The van der Waals surface area contributed by atoms with E-state index in [4.69, 9.17) is 11.6 Å². The van der Waals surface area contributed by atoms with Crippen molar-refractivity contribution in [1.29, 1.82) is 0 Å². The largest absolute Gasteiger partial charge is 0.506 e. The first-order chi connectivity index (χ1) is 10.9. The van der Waals surface area contributed by atoms with Crippen LogP contribution in [0, 0.1) is 0 Å². The Bertz CT molecular complexity index is 795. The van der Waals surface area contributed by atoms with Gasteiger partial charge in [-0.15, -0.1) is 0 Å². The number of aliphatic hydroxyl groups excluding tert-OH is 1. The van der Waals surface area contributed by atoms with E-state index in [0.717, 1.165) is 17.3 Å². The number of carbonyl (C=O) groups is 2. The molecule has 0 saturated carbocycles. The van der Waals surface area contributed by atoms with Gasteiger partial charge in [0.05, 0.1) is 5.03 Å². The molecule has 0 radical (unpaired) electrons. The lowest BCUT2D eigenvalue weighted by Gasteiger charge is -2.29. The van der Waals surface area contributed by atoms with Gasteiger partial charge in [0, 0.05) is 23.9 Å². The fourth-order valence-corrected chi connectivity index (χ4v) is 2.79. The van der Waals surface area contributed by atoms with Crippen molar-refractivity contribution in [2.45, 2.75) is 12.5 Å². The van der Waals surface area contributed by atoms with Crippen LogP contribution in [0.3, 0.4) is 0 Å². The van der Waals surface area contributed by atoms with E-state index in [2.05, 4.69) is 10.6 Å². The van der Waals surface area contributed by atoms with Gasteiger partial charge in [-0.05, 0) is 30.7 Å². The lowest BCUT2D eigenvalue weighted by molar-refractivity contribution is -0.125. The number of halogens is 1. The molecule has 6 heteroatoms. The van der Waals surface area contributed by atoms with Crippen molar-refractivity contribution in [3.8, 4) is 0 Å². The van der Waals surface area contributed by atoms with E-state index < -0.39 is 11.3 Å². The van der Waals surface area contributed by atoms with Crippen LogP contribution in [0.4, 0.5) is 5.69 Å². The molecular formula is C17H15ClN2O3. The molecule has 1 aromatic rings. The Morgan fingerprint density at radius 1 is 1.35 bits per heavy atom. The van der Waals surface area contributed by atoms with Crippen LogP contribution in [0.2, 0.25) is 0 Å². The first-order valence-electron chi connectivity index (χ1n) is 7.09. The fourth-order valence-electron chi connectivity index (χ4n) is 2.51. The minimum absolute atomic E-state index is 0.0356. The van der Waals surface area contributed by atoms with E-state index in [-0.39, 0.29) is 16.7 Å². The zero-order chi connectivity index (χ0) is 16.6. The summed E-state index contributed by atoms with van der Waals surface area (Å²) in [6.45, 7) is 1.91. The summed E-state index contributed by atoms with van der Waals surface area (Å²) in [5, 5.41) is 15.4. The number of amides is 1. The number of fused-ring (bicyclic) bond motifs is 1. The number of nitrogens with one attached hydrogen (secondary N) is 2. The number of allylic oxidation sites excluding steroid dienone is 1. The molecular weight excluding hydrogens is 316 g/mol. The summed E-state index contributed by atoms with van der Waals surface area (Å²) < 4.78 is 0. The summed E-state index contributed by atoms with van der Waals surface area (Å²) >= 11 is 5.87. The molecule has 1 aliphatic carbocycles. The molecule has 1 aliphatic heterocycles. The number of carbonyl (C=O) groups excluding carboxylic acids is 2. The molecule has 1 heterocycles. The van der Waals surface area contributed by atoms with Gasteiger partial charge in [0.15, 0.2) is 5.78 Å². The van der Waals surface area contributed by atoms with E-state index in [9.17, 15) is 14.7 Å². The van der Waals surface area contributed by atoms with Crippen LogP contribution in [-0.4, -0.2) is 28.9 Å². The predicted octanol–water partition coefficient (Wildman–Crippen LogP) is 2.52. The van der Waals surface area contributed by atoms with Crippen molar-refractivity contribution >= 4 is 35.1 Å². The molecule has 3 N–H and O–H groups in total. The molecule has 1 aromatic carbocycles. The highest BCUT2D eigenvalue weighted by Crippen LogP contribution is 2.27. The van der Waals surface area contributed by atoms with Crippen molar-refractivity contribution in [1.82, 2.24) is 5.32 Å². The smallest absolute Gasteiger partial charge is 0.250 e. The van der Waals surface area contributed by atoms with Crippen molar-refractivity contribution in [3.05, 3.63) is 58.3 Å². The van der Waals surface area contributed by atoms with Gasteiger partial charge < -0.3 is 15.7 Å². The van der Waals surface area contributed by atoms with Crippen LogP contribution in [0.15, 0.2) is 52.8 Å². The van der Waals surface area contributed by atoms with E-state index >= 15 is 0 Å². The molecule has 23 heavy (non-hydrogen) atoms. The summed E-state index contributed by atoms with van der Waals surface area (Å²) in [6, 6.07) is 7.64. The SMILES string of the molecule is CC1(NC(=O)C2=Cc3ccccc3NC2)C=C(Cl)C(O)=CC1=O. The Balaban J connectivity index is 1.83. The quantitative estimate of drug-likeness (QED) is 0.778. The number of benzene rings is 1. The molecule has 1 amide bonds. The predicted molar refractivity (Wildman–Crippen MR) is 89.1 cm³/mol. The van der Waals surface area contributed by atoms with E-state index in [1.165, 1.54) is 6.08 Å². The zero-order valence-electron chi connectivity index (χ0n) is 12.4. The summed E-state index contributed by atoms with van der Waals surface area (Å²) in [6.07, 6.45) is 4.15. The summed E-state index contributed by atoms with van der Waals surface area (Å²) in [5.41, 5.74) is 1.11. The fraction of sp³-hybridized carbons (Fsp3) is 0.176. The number of hydrogen-bond acceptors (Lipinski definition) is 4. The Labute approximate surface area is 138 Å². The zero-order valence-corrected chi connectivity index (χ0v) is 13.1. The van der Waals surface area contributed by atoms with Crippen LogP contribution in [0.25, 0.3) is 6.08 Å². The van der Waals surface area contributed by atoms with Crippen molar-refractivity contribution in [2.24, 2.45) is 0 Å². The maximum atomic E-state index is 12.5. The van der Waals surface area contributed by atoms with Gasteiger partial charge in [-0.25, -0.2) is 0 Å². The highest BCUT2D eigenvalue weighted by atomic mass is 35.5. The second-order valence-corrected chi connectivity index (χ2v) is 6.06. The number of para-hydroxylation sites is 1. The van der Waals surface area contributed by atoms with Crippen LogP contribution in [0.1, 0.15) is 12.5 Å². The number of rotatable bonds is 2. The van der Waals surface area contributed by atoms with Crippen molar-refractivity contribution in [3.63, 3.8) is 0 Å². The highest BCUT2D eigenvalue weighted by Gasteiger charge is 2.36. The molecule has 1 unspecified atom stereocenters. The first kappa shape index (κ1) is 15.4.